The molecule has 4 heterocycles. The highest BCUT2D eigenvalue weighted by molar-refractivity contribution is 7.12. The van der Waals surface area contributed by atoms with Gasteiger partial charge in [0.25, 0.3) is 0 Å². The fourth-order valence-electron chi connectivity index (χ4n) is 4.65. The van der Waals surface area contributed by atoms with E-state index < -0.39 is 0 Å². The molecule has 0 aromatic carbocycles. The van der Waals surface area contributed by atoms with Gasteiger partial charge >= 0.3 is 0 Å². The molecular formula is C21H33N5O2S. The summed E-state index contributed by atoms with van der Waals surface area (Å²) in [6.45, 7) is 10.7. The molecule has 29 heavy (non-hydrogen) atoms. The number of hydroxylamine groups is 2. The second kappa shape index (κ2) is 8.81. The summed E-state index contributed by atoms with van der Waals surface area (Å²) in [5.74, 6) is 0. The third-order valence-electron chi connectivity index (χ3n) is 6.32. The first-order valence-electron chi connectivity index (χ1n) is 10.7. The van der Waals surface area contributed by atoms with E-state index in [4.69, 9.17) is 9.57 Å². The SMILES string of the molecule is CCc1cc2c(s1)CCO[C@@]21CCN(Cc2cn(CN(CC)OC)nn2)[C@@H](C)C1. The lowest BCUT2D eigenvalue weighted by Gasteiger charge is -2.47. The van der Waals surface area contributed by atoms with Gasteiger partial charge in [0.2, 0.25) is 0 Å². The van der Waals surface area contributed by atoms with Gasteiger partial charge in [0, 0.05) is 41.9 Å². The van der Waals surface area contributed by atoms with Gasteiger partial charge in [-0.05, 0) is 37.8 Å². The van der Waals surface area contributed by atoms with E-state index in [0.29, 0.717) is 12.7 Å². The average Bonchev–Trinajstić information content (AvgIpc) is 3.36. The number of rotatable bonds is 7. The van der Waals surface area contributed by atoms with E-state index in [2.05, 4.69) is 42.0 Å². The van der Waals surface area contributed by atoms with Crippen LogP contribution in [0.4, 0.5) is 0 Å². The fourth-order valence-corrected chi connectivity index (χ4v) is 5.82. The Morgan fingerprint density at radius 1 is 1.41 bits per heavy atom. The standard InChI is InChI=1S/C21H33N5O2S/c1-5-18-11-19-20(29-18)7-10-28-21(19)8-9-24(16(3)12-21)13-17-14-25(23-22-17)15-26(6-2)27-4/h11,14,16H,5-10,12-13,15H2,1-4H3/t16-,21+/m0/s1. The maximum atomic E-state index is 6.46. The number of likely N-dealkylation sites (tertiary alicyclic amines) is 1. The Labute approximate surface area is 177 Å². The van der Waals surface area contributed by atoms with E-state index in [9.17, 15) is 0 Å². The molecule has 0 aliphatic carbocycles. The first kappa shape index (κ1) is 20.9. The van der Waals surface area contributed by atoms with Gasteiger partial charge in [0.15, 0.2) is 0 Å². The summed E-state index contributed by atoms with van der Waals surface area (Å²) in [6, 6.07) is 2.86. The van der Waals surface area contributed by atoms with Gasteiger partial charge in [-0.2, -0.15) is 5.06 Å². The molecular weight excluding hydrogens is 386 g/mol. The first-order valence-corrected chi connectivity index (χ1v) is 11.6. The Morgan fingerprint density at radius 2 is 2.28 bits per heavy atom. The third kappa shape index (κ3) is 4.27. The summed E-state index contributed by atoms with van der Waals surface area (Å²) in [7, 11) is 1.68. The molecule has 2 aromatic heterocycles. The van der Waals surface area contributed by atoms with Gasteiger partial charge in [0.05, 0.1) is 31.2 Å². The number of fused-ring (bicyclic) bond motifs is 2. The largest absolute Gasteiger partial charge is 0.370 e. The van der Waals surface area contributed by atoms with Crippen LogP contribution in [-0.2, 0) is 41.2 Å². The average molecular weight is 420 g/mol. The number of thiophene rings is 1. The maximum Gasteiger partial charge on any atom is 0.118 e. The fraction of sp³-hybridized carbons (Fsp3) is 0.714. The highest BCUT2D eigenvalue weighted by Crippen LogP contribution is 2.46. The Morgan fingerprint density at radius 3 is 3.00 bits per heavy atom. The predicted molar refractivity (Wildman–Crippen MR) is 114 cm³/mol. The van der Waals surface area contributed by atoms with E-state index >= 15 is 0 Å². The number of hydrogen-bond acceptors (Lipinski definition) is 7. The quantitative estimate of drug-likeness (QED) is 0.643. The number of piperidine rings is 1. The lowest BCUT2D eigenvalue weighted by Crippen LogP contribution is -2.50. The molecule has 0 saturated carbocycles. The van der Waals surface area contributed by atoms with Gasteiger partial charge in [-0.25, -0.2) is 4.68 Å². The molecule has 2 aliphatic heterocycles. The van der Waals surface area contributed by atoms with Gasteiger partial charge in [-0.3, -0.25) is 4.90 Å². The summed E-state index contributed by atoms with van der Waals surface area (Å²) in [5, 5.41) is 10.5. The van der Waals surface area contributed by atoms with E-state index in [-0.39, 0.29) is 5.60 Å². The molecule has 0 bridgehead atoms. The van der Waals surface area contributed by atoms with Crippen molar-refractivity contribution in [1.82, 2.24) is 25.0 Å². The van der Waals surface area contributed by atoms with Gasteiger partial charge < -0.3 is 9.57 Å². The summed E-state index contributed by atoms with van der Waals surface area (Å²) in [4.78, 5) is 10.9. The van der Waals surface area contributed by atoms with Gasteiger partial charge in [-0.1, -0.05) is 19.1 Å². The van der Waals surface area contributed by atoms with Crippen molar-refractivity contribution in [3.63, 3.8) is 0 Å². The minimum absolute atomic E-state index is 0.0921. The summed E-state index contributed by atoms with van der Waals surface area (Å²) < 4.78 is 8.30. The van der Waals surface area contributed by atoms with Crippen LogP contribution in [0.15, 0.2) is 12.3 Å². The van der Waals surface area contributed by atoms with E-state index in [1.165, 1.54) is 10.4 Å². The Kier molecular flexibility index (Phi) is 6.36. The zero-order valence-electron chi connectivity index (χ0n) is 18.1. The summed E-state index contributed by atoms with van der Waals surface area (Å²) >= 11 is 1.99. The molecule has 2 aromatic rings. The molecule has 2 atom stereocenters. The minimum Gasteiger partial charge on any atom is -0.370 e. The van der Waals surface area contributed by atoms with Crippen LogP contribution in [0.25, 0.3) is 0 Å². The first-order chi connectivity index (χ1) is 14.1. The van der Waals surface area contributed by atoms with Crippen molar-refractivity contribution >= 4 is 11.3 Å². The summed E-state index contributed by atoms with van der Waals surface area (Å²) in [5.41, 5.74) is 2.39. The number of aromatic nitrogens is 3. The van der Waals surface area contributed by atoms with Crippen LogP contribution in [0.3, 0.4) is 0 Å². The molecule has 7 nitrogen and oxygen atoms in total. The number of hydrogen-bond donors (Lipinski definition) is 0. The maximum absolute atomic E-state index is 6.46. The molecule has 160 valence electrons. The molecule has 0 radical (unpaired) electrons. The van der Waals surface area contributed by atoms with E-state index in [1.807, 2.05) is 27.3 Å². The zero-order chi connectivity index (χ0) is 20.4. The molecule has 1 saturated heterocycles. The number of aryl methyl sites for hydroxylation is 1. The van der Waals surface area contributed by atoms with E-state index in [1.54, 1.807) is 12.0 Å². The predicted octanol–water partition coefficient (Wildman–Crippen LogP) is 3.20. The molecule has 0 N–H and O–H groups in total. The Hall–Kier alpha value is -1.32. The smallest absolute Gasteiger partial charge is 0.118 e. The number of ether oxygens (including phenoxy) is 1. The Bertz CT molecular complexity index is 818. The normalized spacial score (nSPS) is 25.1. The van der Waals surface area contributed by atoms with Gasteiger partial charge in [-0.15, -0.1) is 16.4 Å². The van der Waals surface area contributed by atoms with Crippen LogP contribution >= 0.6 is 11.3 Å². The van der Waals surface area contributed by atoms with Crippen molar-refractivity contribution in [3.05, 3.63) is 33.3 Å². The molecule has 1 fully saturated rings. The second-order valence-corrected chi connectivity index (χ2v) is 9.36. The molecule has 0 unspecified atom stereocenters. The highest BCUT2D eigenvalue weighted by Gasteiger charge is 2.44. The van der Waals surface area contributed by atoms with Crippen LogP contribution in [0.5, 0.6) is 0 Å². The highest BCUT2D eigenvalue weighted by atomic mass is 32.1. The van der Waals surface area contributed by atoms with Crippen molar-refractivity contribution in [2.45, 2.75) is 71.3 Å². The van der Waals surface area contributed by atoms with Gasteiger partial charge in [0.1, 0.15) is 6.67 Å². The minimum atomic E-state index is -0.0921. The van der Waals surface area contributed by atoms with Crippen molar-refractivity contribution in [3.8, 4) is 0 Å². The molecule has 8 heteroatoms. The van der Waals surface area contributed by atoms with Crippen molar-refractivity contribution in [2.24, 2.45) is 0 Å². The topological polar surface area (TPSA) is 55.7 Å². The van der Waals surface area contributed by atoms with Crippen LogP contribution in [0.1, 0.15) is 54.6 Å². The molecule has 2 aliphatic rings. The van der Waals surface area contributed by atoms with Crippen molar-refractivity contribution in [2.75, 3.05) is 26.8 Å². The van der Waals surface area contributed by atoms with E-state index in [0.717, 1.165) is 57.6 Å². The monoisotopic (exact) mass is 419 g/mol. The molecule has 4 rings (SSSR count). The lowest BCUT2D eigenvalue weighted by molar-refractivity contribution is -0.152. The van der Waals surface area contributed by atoms with Crippen molar-refractivity contribution in [1.29, 1.82) is 0 Å². The summed E-state index contributed by atoms with van der Waals surface area (Å²) in [6.07, 6.45) is 6.30. The van der Waals surface area contributed by atoms with Crippen molar-refractivity contribution < 1.29 is 9.57 Å². The van der Waals surface area contributed by atoms with Crippen LogP contribution in [0, 0.1) is 0 Å². The number of nitrogens with zero attached hydrogens (tertiary/aromatic N) is 5. The molecule has 1 spiro atoms. The molecule has 0 amide bonds. The third-order valence-corrected chi connectivity index (χ3v) is 7.66. The van der Waals surface area contributed by atoms with Crippen LogP contribution in [-0.4, -0.2) is 57.8 Å². The lowest BCUT2D eigenvalue weighted by atomic mass is 9.79. The van der Waals surface area contributed by atoms with Crippen LogP contribution in [0.2, 0.25) is 0 Å². The Balaban J connectivity index is 1.42. The zero-order valence-corrected chi connectivity index (χ0v) is 18.9. The second-order valence-electron chi connectivity index (χ2n) is 8.14. The van der Waals surface area contributed by atoms with Crippen LogP contribution < -0.4 is 0 Å².